The number of amides is 2. The Bertz CT molecular complexity index is 636. The molecule has 20 heavy (non-hydrogen) atoms. The Balaban J connectivity index is 1.99. The molecule has 1 aromatic carbocycles. The Morgan fingerprint density at radius 3 is 2.35 bits per heavy atom. The average molecular weight is 269 g/mol. The van der Waals surface area contributed by atoms with E-state index in [0.29, 0.717) is 17.1 Å². The molecule has 5 heteroatoms. The molecule has 5 nitrogen and oxygen atoms in total. The van der Waals surface area contributed by atoms with Crippen LogP contribution in [0.25, 0.3) is 0 Å². The number of rotatable bonds is 3. The normalized spacial score (nSPS) is 9.90. The van der Waals surface area contributed by atoms with Crippen LogP contribution in [0.3, 0.4) is 0 Å². The Hall–Kier alpha value is -2.69. The molecule has 0 radical (unpaired) electrons. The van der Waals surface area contributed by atoms with Crippen molar-refractivity contribution < 1.29 is 9.59 Å². The first-order chi connectivity index (χ1) is 9.54. The van der Waals surface area contributed by atoms with E-state index in [1.807, 2.05) is 13.0 Å². The van der Waals surface area contributed by atoms with E-state index in [-0.39, 0.29) is 11.8 Å². The molecule has 2 rings (SSSR count). The number of nitrogens with zero attached hydrogens (tertiary/aromatic N) is 1. The van der Waals surface area contributed by atoms with Crippen molar-refractivity contribution in [2.45, 2.75) is 13.8 Å². The van der Waals surface area contributed by atoms with Crippen LogP contribution >= 0.6 is 0 Å². The second kappa shape index (κ2) is 5.97. The molecule has 0 bridgehead atoms. The molecule has 0 spiro atoms. The van der Waals surface area contributed by atoms with Gasteiger partial charge in [0, 0.05) is 17.4 Å². The van der Waals surface area contributed by atoms with E-state index >= 15 is 0 Å². The Morgan fingerprint density at radius 2 is 1.75 bits per heavy atom. The summed E-state index contributed by atoms with van der Waals surface area (Å²) in [4.78, 5) is 27.0. The van der Waals surface area contributed by atoms with Crippen molar-refractivity contribution in [2.24, 2.45) is 0 Å². The first kappa shape index (κ1) is 13.7. The highest BCUT2D eigenvalue weighted by molar-refractivity contribution is 6.00. The molecule has 2 N–H and O–H groups in total. The molecule has 0 unspecified atom stereocenters. The molecule has 0 fully saturated rings. The summed E-state index contributed by atoms with van der Waals surface area (Å²) < 4.78 is 0. The summed E-state index contributed by atoms with van der Waals surface area (Å²) in [5, 5.41) is 5.32. The van der Waals surface area contributed by atoms with Crippen LogP contribution in [0.5, 0.6) is 0 Å². The van der Waals surface area contributed by atoms with Gasteiger partial charge in [-0.15, -0.1) is 0 Å². The SMILES string of the molecule is CC(=O)c1ccc(NC(=O)Nc2cc(C)ccn2)cc1. The molecule has 0 saturated heterocycles. The number of nitrogens with one attached hydrogen (secondary N) is 2. The largest absolute Gasteiger partial charge is 0.324 e. The van der Waals surface area contributed by atoms with E-state index in [2.05, 4.69) is 15.6 Å². The number of urea groups is 1. The number of benzene rings is 1. The molecular weight excluding hydrogens is 254 g/mol. The van der Waals surface area contributed by atoms with Crippen LogP contribution < -0.4 is 10.6 Å². The molecule has 102 valence electrons. The second-order valence-electron chi connectivity index (χ2n) is 4.43. The van der Waals surface area contributed by atoms with E-state index in [1.54, 1.807) is 36.5 Å². The van der Waals surface area contributed by atoms with Gasteiger partial charge in [-0.2, -0.15) is 0 Å². The second-order valence-corrected chi connectivity index (χ2v) is 4.43. The van der Waals surface area contributed by atoms with Crippen molar-refractivity contribution in [2.75, 3.05) is 10.6 Å². The highest BCUT2D eigenvalue weighted by Gasteiger charge is 2.04. The number of Topliss-reactive ketones (excluding diaryl/α,β-unsaturated/α-hetero) is 1. The standard InChI is InChI=1S/C15H15N3O2/c1-10-7-8-16-14(9-10)18-15(20)17-13-5-3-12(4-6-13)11(2)19/h3-9H,1-2H3,(H2,16,17,18,20). The minimum absolute atomic E-state index is 0.00929. The van der Waals surface area contributed by atoms with Gasteiger partial charge < -0.3 is 5.32 Å². The molecule has 0 atom stereocenters. The van der Waals surface area contributed by atoms with Gasteiger partial charge in [0.15, 0.2) is 5.78 Å². The Labute approximate surface area is 117 Å². The van der Waals surface area contributed by atoms with Gasteiger partial charge in [-0.3, -0.25) is 10.1 Å². The van der Waals surface area contributed by atoms with Crippen LogP contribution in [-0.4, -0.2) is 16.8 Å². The van der Waals surface area contributed by atoms with Crippen LogP contribution in [-0.2, 0) is 0 Å². The maximum absolute atomic E-state index is 11.8. The third-order valence-corrected chi connectivity index (χ3v) is 2.71. The van der Waals surface area contributed by atoms with Crippen LogP contribution in [0.15, 0.2) is 42.6 Å². The van der Waals surface area contributed by atoms with Crippen molar-refractivity contribution in [3.63, 3.8) is 0 Å². The lowest BCUT2D eigenvalue weighted by Crippen LogP contribution is -2.20. The summed E-state index contributed by atoms with van der Waals surface area (Å²) in [6.45, 7) is 3.42. The summed E-state index contributed by atoms with van der Waals surface area (Å²) in [5.41, 5.74) is 2.23. The summed E-state index contributed by atoms with van der Waals surface area (Å²) in [6.07, 6.45) is 1.63. The number of hydrogen-bond acceptors (Lipinski definition) is 3. The Kier molecular flexibility index (Phi) is 4.10. The third kappa shape index (κ3) is 3.65. The summed E-state index contributed by atoms with van der Waals surface area (Å²) in [6, 6.07) is 9.95. The molecule has 2 aromatic rings. The van der Waals surface area contributed by atoms with Gasteiger partial charge >= 0.3 is 6.03 Å². The number of anilines is 2. The molecule has 2 amide bonds. The number of aromatic nitrogens is 1. The van der Waals surface area contributed by atoms with E-state index in [4.69, 9.17) is 0 Å². The van der Waals surface area contributed by atoms with Crippen molar-refractivity contribution in [1.82, 2.24) is 4.98 Å². The molecule has 0 saturated carbocycles. The van der Waals surface area contributed by atoms with E-state index in [0.717, 1.165) is 5.56 Å². The maximum atomic E-state index is 11.8. The van der Waals surface area contributed by atoms with Gasteiger partial charge in [-0.1, -0.05) is 0 Å². The zero-order valence-corrected chi connectivity index (χ0v) is 11.3. The zero-order chi connectivity index (χ0) is 14.5. The molecule has 0 aliphatic rings. The lowest BCUT2D eigenvalue weighted by atomic mass is 10.1. The third-order valence-electron chi connectivity index (χ3n) is 2.71. The molecule has 1 heterocycles. The minimum Gasteiger partial charge on any atom is -0.308 e. The topological polar surface area (TPSA) is 71.1 Å². The van der Waals surface area contributed by atoms with Crippen LogP contribution in [0.1, 0.15) is 22.8 Å². The van der Waals surface area contributed by atoms with Gasteiger partial charge in [0.2, 0.25) is 0 Å². The highest BCUT2D eigenvalue weighted by atomic mass is 16.2. The number of pyridine rings is 1. The fourth-order valence-electron chi connectivity index (χ4n) is 1.67. The van der Waals surface area contributed by atoms with Crippen LogP contribution in [0.2, 0.25) is 0 Å². The lowest BCUT2D eigenvalue weighted by molar-refractivity contribution is 0.101. The lowest BCUT2D eigenvalue weighted by Gasteiger charge is -2.07. The minimum atomic E-state index is -0.376. The number of hydrogen-bond donors (Lipinski definition) is 2. The van der Waals surface area contributed by atoms with Crippen LogP contribution in [0, 0.1) is 6.92 Å². The first-order valence-electron chi connectivity index (χ1n) is 6.16. The van der Waals surface area contributed by atoms with E-state index < -0.39 is 0 Å². The van der Waals surface area contributed by atoms with Crippen molar-refractivity contribution in [3.8, 4) is 0 Å². The van der Waals surface area contributed by atoms with Gasteiger partial charge in [-0.25, -0.2) is 9.78 Å². The van der Waals surface area contributed by atoms with Crippen molar-refractivity contribution in [3.05, 3.63) is 53.7 Å². The summed E-state index contributed by atoms with van der Waals surface area (Å²) in [5.74, 6) is 0.479. The van der Waals surface area contributed by atoms with E-state index in [9.17, 15) is 9.59 Å². The molecular formula is C15H15N3O2. The molecule has 1 aromatic heterocycles. The van der Waals surface area contributed by atoms with E-state index in [1.165, 1.54) is 6.92 Å². The monoisotopic (exact) mass is 269 g/mol. The average Bonchev–Trinajstić information content (AvgIpc) is 2.39. The molecule has 0 aliphatic carbocycles. The predicted octanol–water partition coefficient (Wildman–Crippen LogP) is 3.24. The van der Waals surface area contributed by atoms with Crippen molar-refractivity contribution >= 4 is 23.3 Å². The van der Waals surface area contributed by atoms with Gasteiger partial charge in [0.25, 0.3) is 0 Å². The fourth-order valence-corrected chi connectivity index (χ4v) is 1.67. The van der Waals surface area contributed by atoms with Crippen LogP contribution in [0.4, 0.5) is 16.3 Å². The summed E-state index contributed by atoms with van der Waals surface area (Å²) in [7, 11) is 0. The fraction of sp³-hybridized carbons (Fsp3) is 0.133. The maximum Gasteiger partial charge on any atom is 0.324 e. The van der Waals surface area contributed by atoms with Gasteiger partial charge in [-0.05, 0) is 55.8 Å². The van der Waals surface area contributed by atoms with Crippen molar-refractivity contribution in [1.29, 1.82) is 0 Å². The zero-order valence-electron chi connectivity index (χ0n) is 11.3. The smallest absolute Gasteiger partial charge is 0.308 e. The number of carbonyl (C=O) groups is 2. The van der Waals surface area contributed by atoms with Gasteiger partial charge in [0.1, 0.15) is 5.82 Å². The summed E-state index contributed by atoms with van der Waals surface area (Å²) >= 11 is 0. The first-order valence-corrected chi connectivity index (χ1v) is 6.16. The number of carbonyl (C=O) groups excluding carboxylic acids is 2. The Morgan fingerprint density at radius 1 is 1.05 bits per heavy atom. The molecule has 0 aliphatic heterocycles. The highest BCUT2D eigenvalue weighted by Crippen LogP contribution is 2.11. The predicted molar refractivity (Wildman–Crippen MR) is 78.1 cm³/mol. The number of ketones is 1. The quantitative estimate of drug-likeness (QED) is 0.840. The number of aryl methyl sites for hydroxylation is 1. The van der Waals surface area contributed by atoms with Gasteiger partial charge in [0.05, 0.1) is 0 Å².